The predicted molar refractivity (Wildman–Crippen MR) is 67.9 cm³/mol. The van der Waals surface area contributed by atoms with Gasteiger partial charge in [-0.2, -0.15) is 0 Å². The van der Waals surface area contributed by atoms with Gasteiger partial charge in [-0.1, -0.05) is 27.2 Å². The van der Waals surface area contributed by atoms with Gasteiger partial charge < -0.3 is 11.1 Å². The molecule has 0 spiro atoms. The normalized spacial score (nSPS) is 15.3. The van der Waals surface area contributed by atoms with Crippen LogP contribution in [0.3, 0.4) is 0 Å². The van der Waals surface area contributed by atoms with E-state index in [2.05, 4.69) is 10.0 Å². The number of hydrogen-bond acceptors (Lipinski definition) is 4. The van der Waals surface area contributed by atoms with Crippen LogP contribution in [0.4, 0.5) is 0 Å². The Labute approximate surface area is 103 Å². The highest BCUT2D eigenvalue weighted by Crippen LogP contribution is 2.04. The van der Waals surface area contributed by atoms with Crippen LogP contribution in [0.1, 0.15) is 27.2 Å². The molecule has 17 heavy (non-hydrogen) atoms. The van der Waals surface area contributed by atoms with Crippen molar-refractivity contribution >= 4 is 15.9 Å². The Balaban J connectivity index is 4.02. The van der Waals surface area contributed by atoms with Crippen LogP contribution in [-0.4, -0.2) is 39.2 Å². The summed E-state index contributed by atoms with van der Waals surface area (Å²) in [5, 5.41) is 2.53. The van der Waals surface area contributed by atoms with Crippen molar-refractivity contribution in [3.05, 3.63) is 0 Å². The molecule has 7 heteroatoms. The van der Waals surface area contributed by atoms with Gasteiger partial charge in [0.05, 0.1) is 11.8 Å². The van der Waals surface area contributed by atoms with Gasteiger partial charge >= 0.3 is 0 Å². The van der Waals surface area contributed by atoms with E-state index >= 15 is 0 Å². The Kier molecular flexibility index (Phi) is 7.33. The molecule has 0 saturated heterocycles. The minimum absolute atomic E-state index is 0.0816. The molecular weight excluding hydrogens is 242 g/mol. The second-order valence-corrected chi connectivity index (χ2v) is 5.95. The number of carbonyl (C=O) groups excluding carboxylic acids is 1. The van der Waals surface area contributed by atoms with E-state index in [4.69, 9.17) is 5.73 Å². The van der Waals surface area contributed by atoms with Crippen molar-refractivity contribution in [3.63, 3.8) is 0 Å². The van der Waals surface area contributed by atoms with E-state index in [1.54, 1.807) is 6.92 Å². The standard InChI is InChI=1S/C10H23N3O3S/c1-4-8(3)9(11)10(14)12-6-7-17(15,16)13-5-2/h8-9,13H,4-7,11H2,1-3H3,(H,12,14)/t8-,9-/m0/s1. The van der Waals surface area contributed by atoms with Crippen LogP contribution in [0.2, 0.25) is 0 Å². The van der Waals surface area contributed by atoms with Crippen molar-refractivity contribution in [2.24, 2.45) is 11.7 Å². The lowest BCUT2D eigenvalue weighted by Gasteiger charge is -2.17. The maximum Gasteiger partial charge on any atom is 0.237 e. The summed E-state index contributed by atoms with van der Waals surface area (Å²) in [4.78, 5) is 11.5. The number of sulfonamides is 1. The lowest BCUT2D eigenvalue weighted by Crippen LogP contribution is -2.46. The van der Waals surface area contributed by atoms with Gasteiger partial charge in [-0.05, 0) is 5.92 Å². The van der Waals surface area contributed by atoms with Gasteiger partial charge in [-0.3, -0.25) is 4.79 Å². The molecule has 0 heterocycles. The largest absolute Gasteiger partial charge is 0.354 e. The van der Waals surface area contributed by atoms with E-state index in [1.807, 2.05) is 13.8 Å². The smallest absolute Gasteiger partial charge is 0.237 e. The van der Waals surface area contributed by atoms with Gasteiger partial charge in [0.2, 0.25) is 15.9 Å². The number of nitrogens with two attached hydrogens (primary N) is 1. The second-order valence-electron chi connectivity index (χ2n) is 4.02. The van der Waals surface area contributed by atoms with Crippen LogP contribution in [0.25, 0.3) is 0 Å². The van der Waals surface area contributed by atoms with Crippen LogP contribution in [-0.2, 0) is 14.8 Å². The van der Waals surface area contributed by atoms with Gasteiger partial charge in [-0.25, -0.2) is 13.1 Å². The molecule has 0 rings (SSSR count). The molecule has 2 atom stereocenters. The third-order valence-electron chi connectivity index (χ3n) is 2.59. The highest BCUT2D eigenvalue weighted by atomic mass is 32.2. The molecule has 0 bridgehead atoms. The lowest BCUT2D eigenvalue weighted by molar-refractivity contribution is -0.123. The van der Waals surface area contributed by atoms with Crippen molar-refractivity contribution in [1.29, 1.82) is 0 Å². The molecule has 6 nitrogen and oxygen atoms in total. The fourth-order valence-electron chi connectivity index (χ4n) is 1.23. The highest BCUT2D eigenvalue weighted by molar-refractivity contribution is 7.89. The van der Waals surface area contributed by atoms with E-state index in [0.717, 1.165) is 6.42 Å². The highest BCUT2D eigenvalue weighted by Gasteiger charge is 2.19. The fourth-order valence-corrected chi connectivity index (χ4v) is 2.19. The van der Waals surface area contributed by atoms with Crippen LogP contribution in [0.5, 0.6) is 0 Å². The first kappa shape index (κ1) is 16.3. The SMILES string of the molecule is CCNS(=O)(=O)CCNC(=O)[C@@H](N)[C@@H](C)CC. The first-order valence-electron chi connectivity index (χ1n) is 5.84. The summed E-state index contributed by atoms with van der Waals surface area (Å²) < 4.78 is 24.9. The van der Waals surface area contributed by atoms with Crippen LogP contribution in [0.15, 0.2) is 0 Å². The number of rotatable bonds is 8. The molecule has 0 unspecified atom stereocenters. The summed E-state index contributed by atoms with van der Waals surface area (Å²) in [5.41, 5.74) is 5.70. The summed E-state index contributed by atoms with van der Waals surface area (Å²) in [6.45, 7) is 5.98. The summed E-state index contributed by atoms with van der Waals surface area (Å²) >= 11 is 0. The zero-order valence-corrected chi connectivity index (χ0v) is 11.5. The zero-order chi connectivity index (χ0) is 13.5. The summed E-state index contributed by atoms with van der Waals surface area (Å²) in [7, 11) is -3.28. The number of amides is 1. The van der Waals surface area contributed by atoms with Gasteiger partial charge in [-0.15, -0.1) is 0 Å². The number of hydrogen-bond donors (Lipinski definition) is 3. The quantitative estimate of drug-likeness (QED) is 0.546. The summed E-state index contributed by atoms with van der Waals surface area (Å²) in [6, 6.07) is -0.582. The Morgan fingerprint density at radius 3 is 2.41 bits per heavy atom. The van der Waals surface area contributed by atoms with Crippen LogP contribution >= 0.6 is 0 Å². The van der Waals surface area contributed by atoms with Crippen molar-refractivity contribution in [2.45, 2.75) is 33.2 Å². The molecule has 0 aromatic rings. The second kappa shape index (κ2) is 7.62. The third kappa shape index (κ3) is 6.60. The van der Waals surface area contributed by atoms with E-state index < -0.39 is 16.1 Å². The molecule has 0 fully saturated rings. The monoisotopic (exact) mass is 265 g/mol. The fraction of sp³-hybridized carbons (Fsp3) is 0.900. The van der Waals surface area contributed by atoms with Gasteiger partial charge in [0.1, 0.15) is 0 Å². The van der Waals surface area contributed by atoms with Crippen molar-refractivity contribution in [1.82, 2.24) is 10.0 Å². The van der Waals surface area contributed by atoms with E-state index in [0.29, 0.717) is 6.54 Å². The molecule has 0 aliphatic rings. The van der Waals surface area contributed by atoms with Gasteiger partial charge in [0.25, 0.3) is 0 Å². The first-order chi connectivity index (χ1) is 7.84. The molecule has 4 N–H and O–H groups in total. The van der Waals surface area contributed by atoms with Gasteiger partial charge in [0, 0.05) is 13.1 Å². The van der Waals surface area contributed by atoms with E-state index in [1.165, 1.54) is 0 Å². The maximum atomic E-state index is 11.5. The Bertz CT molecular complexity index is 330. The molecule has 0 radical (unpaired) electrons. The maximum absolute atomic E-state index is 11.5. The Hall–Kier alpha value is -0.660. The first-order valence-corrected chi connectivity index (χ1v) is 7.49. The van der Waals surface area contributed by atoms with Crippen LogP contribution < -0.4 is 15.8 Å². The zero-order valence-electron chi connectivity index (χ0n) is 10.7. The van der Waals surface area contributed by atoms with Crippen molar-refractivity contribution in [2.75, 3.05) is 18.8 Å². The molecule has 0 aromatic heterocycles. The van der Waals surface area contributed by atoms with E-state index in [9.17, 15) is 13.2 Å². The molecular formula is C10H23N3O3S. The average molecular weight is 265 g/mol. The van der Waals surface area contributed by atoms with E-state index in [-0.39, 0.29) is 24.1 Å². The molecule has 0 aliphatic carbocycles. The molecule has 0 aromatic carbocycles. The Morgan fingerprint density at radius 2 is 1.94 bits per heavy atom. The summed E-state index contributed by atoms with van der Waals surface area (Å²) in [5.74, 6) is -0.341. The number of carbonyl (C=O) groups is 1. The Morgan fingerprint density at radius 1 is 1.35 bits per heavy atom. The van der Waals surface area contributed by atoms with Crippen LogP contribution in [0, 0.1) is 5.92 Å². The molecule has 0 aliphatic heterocycles. The van der Waals surface area contributed by atoms with Crippen molar-refractivity contribution in [3.8, 4) is 0 Å². The average Bonchev–Trinajstić information content (AvgIpc) is 2.26. The topological polar surface area (TPSA) is 101 Å². The molecule has 1 amide bonds. The predicted octanol–water partition coefficient (Wildman–Crippen LogP) is -0.585. The van der Waals surface area contributed by atoms with Crippen molar-refractivity contribution < 1.29 is 13.2 Å². The molecule has 102 valence electrons. The lowest BCUT2D eigenvalue weighted by atomic mass is 9.99. The number of nitrogens with one attached hydrogen (secondary N) is 2. The minimum atomic E-state index is -3.28. The summed E-state index contributed by atoms with van der Waals surface area (Å²) in [6.07, 6.45) is 0.810. The molecule has 0 saturated carbocycles. The minimum Gasteiger partial charge on any atom is -0.354 e. The van der Waals surface area contributed by atoms with Gasteiger partial charge in [0.15, 0.2) is 0 Å². The third-order valence-corrected chi connectivity index (χ3v) is 4.06.